The first kappa shape index (κ1) is 15.6. The molecule has 3 rings (SSSR count). The minimum Gasteiger partial charge on any atom is -0.506 e. The molecule has 2 N–H and O–H groups in total. The van der Waals surface area contributed by atoms with Gasteiger partial charge >= 0.3 is 5.97 Å². The molecule has 1 heterocycles. The third kappa shape index (κ3) is 3.38. The maximum Gasteiger partial charge on any atom is 0.342 e. The summed E-state index contributed by atoms with van der Waals surface area (Å²) in [5, 5.41) is 14.1. The first-order valence-corrected chi connectivity index (χ1v) is 7.32. The van der Waals surface area contributed by atoms with Gasteiger partial charge in [-0.3, -0.25) is 4.79 Å². The number of carbonyl (C=O) groups is 2. The molecule has 0 saturated heterocycles. The number of ether oxygens (including phenoxy) is 1. The number of furan rings is 1. The number of rotatable bonds is 5. The number of fused-ring (bicyclic) bond motifs is 1. The van der Waals surface area contributed by atoms with Gasteiger partial charge in [0.25, 0.3) is 5.91 Å². The van der Waals surface area contributed by atoms with Gasteiger partial charge in [-0.2, -0.15) is 0 Å². The second-order valence-electron chi connectivity index (χ2n) is 5.12. The van der Waals surface area contributed by atoms with Crippen LogP contribution in [0.5, 0.6) is 5.75 Å². The van der Waals surface area contributed by atoms with E-state index in [9.17, 15) is 14.7 Å². The normalized spacial score (nSPS) is 10.5. The van der Waals surface area contributed by atoms with Crippen molar-refractivity contribution in [2.45, 2.75) is 6.54 Å². The fourth-order valence-electron chi connectivity index (χ4n) is 2.28. The summed E-state index contributed by atoms with van der Waals surface area (Å²) in [6.07, 6.45) is 1.50. The molecule has 0 atom stereocenters. The Morgan fingerprint density at radius 2 is 1.92 bits per heavy atom. The number of esters is 1. The molecule has 0 aliphatic carbocycles. The van der Waals surface area contributed by atoms with Crippen molar-refractivity contribution in [3.8, 4) is 5.75 Å². The summed E-state index contributed by atoms with van der Waals surface area (Å²) < 4.78 is 10.0. The molecule has 3 aromatic rings. The zero-order valence-corrected chi connectivity index (χ0v) is 12.7. The zero-order valence-electron chi connectivity index (χ0n) is 12.7. The SMILES string of the molecule is O=C(COC(=O)c1ccc2ccccc2c1O)NCc1ccco1. The second kappa shape index (κ2) is 6.87. The van der Waals surface area contributed by atoms with Crippen LogP contribution in [0.25, 0.3) is 10.8 Å². The van der Waals surface area contributed by atoms with Crippen LogP contribution >= 0.6 is 0 Å². The van der Waals surface area contributed by atoms with Gasteiger partial charge in [-0.25, -0.2) is 4.79 Å². The Bertz CT molecular complexity index is 870. The fraction of sp³-hybridized carbons (Fsp3) is 0.111. The molecule has 0 aliphatic rings. The van der Waals surface area contributed by atoms with Crippen molar-refractivity contribution >= 4 is 22.6 Å². The molecule has 1 amide bonds. The highest BCUT2D eigenvalue weighted by molar-refractivity contribution is 6.01. The summed E-state index contributed by atoms with van der Waals surface area (Å²) >= 11 is 0. The maximum atomic E-state index is 12.1. The van der Waals surface area contributed by atoms with Crippen LogP contribution < -0.4 is 5.32 Å². The maximum absolute atomic E-state index is 12.1. The number of phenolic OH excluding ortho intramolecular Hbond substituents is 1. The first-order chi connectivity index (χ1) is 11.6. The van der Waals surface area contributed by atoms with Crippen LogP contribution in [0, 0.1) is 0 Å². The van der Waals surface area contributed by atoms with E-state index in [1.807, 2.05) is 12.1 Å². The van der Waals surface area contributed by atoms with Crippen LogP contribution in [-0.4, -0.2) is 23.6 Å². The molecule has 0 spiro atoms. The van der Waals surface area contributed by atoms with E-state index in [0.29, 0.717) is 11.1 Å². The van der Waals surface area contributed by atoms with Gasteiger partial charge in [0.15, 0.2) is 6.61 Å². The lowest BCUT2D eigenvalue weighted by Crippen LogP contribution is -2.28. The minimum absolute atomic E-state index is 0.0209. The molecule has 1 aromatic heterocycles. The highest BCUT2D eigenvalue weighted by Crippen LogP contribution is 2.28. The quantitative estimate of drug-likeness (QED) is 0.704. The van der Waals surface area contributed by atoms with Gasteiger partial charge in [0, 0.05) is 5.39 Å². The van der Waals surface area contributed by atoms with Crippen LogP contribution in [0.2, 0.25) is 0 Å². The Hall–Kier alpha value is -3.28. The molecule has 0 fully saturated rings. The molecular weight excluding hydrogens is 310 g/mol. The molecular formula is C18H15NO5. The van der Waals surface area contributed by atoms with Crippen LogP contribution in [0.15, 0.2) is 59.2 Å². The van der Waals surface area contributed by atoms with E-state index in [2.05, 4.69) is 5.32 Å². The third-order valence-electron chi connectivity index (χ3n) is 3.49. The topological polar surface area (TPSA) is 88.8 Å². The van der Waals surface area contributed by atoms with Crippen molar-refractivity contribution in [3.05, 3.63) is 66.1 Å². The van der Waals surface area contributed by atoms with Crippen LogP contribution in [0.4, 0.5) is 0 Å². The van der Waals surface area contributed by atoms with E-state index in [1.54, 1.807) is 30.3 Å². The lowest BCUT2D eigenvalue weighted by atomic mass is 10.1. The number of amides is 1. The number of benzene rings is 2. The monoisotopic (exact) mass is 325 g/mol. The molecule has 0 unspecified atom stereocenters. The number of carbonyl (C=O) groups excluding carboxylic acids is 2. The molecule has 24 heavy (non-hydrogen) atoms. The van der Waals surface area contributed by atoms with Crippen LogP contribution in [0.1, 0.15) is 16.1 Å². The number of hydrogen-bond donors (Lipinski definition) is 2. The van der Waals surface area contributed by atoms with E-state index >= 15 is 0 Å². The predicted octanol–water partition coefficient (Wildman–Crippen LogP) is 2.61. The van der Waals surface area contributed by atoms with Crippen LogP contribution in [0.3, 0.4) is 0 Å². The highest BCUT2D eigenvalue weighted by Gasteiger charge is 2.16. The Kier molecular flexibility index (Phi) is 4.47. The molecule has 0 saturated carbocycles. The molecule has 2 aromatic carbocycles. The predicted molar refractivity (Wildman–Crippen MR) is 86.5 cm³/mol. The van der Waals surface area contributed by atoms with Gasteiger partial charge in [0.2, 0.25) is 0 Å². The van der Waals surface area contributed by atoms with E-state index in [4.69, 9.17) is 9.15 Å². The minimum atomic E-state index is -0.758. The molecule has 122 valence electrons. The summed E-state index contributed by atoms with van der Waals surface area (Å²) in [6, 6.07) is 13.7. The van der Waals surface area contributed by atoms with Gasteiger partial charge < -0.3 is 19.6 Å². The molecule has 6 nitrogen and oxygen atoms in total. The lowest BCUT2D eigenvalue weighted by Gasteiger charge is -2.08. The number of aromatic hydroxyl groups is 1. The van der Waals surface area contributed by atoms with E-state index in [0.717, 1.165) is 5.39 Å². The van der Waals surface area contributed by atoms with E-state index in [1.165, 1.54) is 12.3 Å². The third-order valence-corrected chi connectivity index (χ3v) is 3.49. The molecule has 0 aliphatic heterocycles. The van der Waals surface area contributed by atoms with Gasteiger partial charge in [-0.15, -0.1) is 0 Å². The first-order valence-electron chi connectivity index (χ1n) is 7.32. The average Bonchev–Trinajstić information content (AvgIpc) is 3.12. The summed E-state index contributed by atoms with van der Waals surface area (Å²) in [5.74, 6) is -0.776. The largest absolute Gasteiger partial charge is 0.506 e. The standard InChI is InChI=1S/C18H15NO5/c20-16(19-10-13-5-3-9-23-13)11-24-18(22)15-8-7-12-4-1-2-6-14(12)17(15)21/h1-9,21H,10-11H2,(H,19,20). The van der Waals surface area contributed by atoms with Crippen molar-refractivity contribution in [1.29, 1.82) is 0 Å². The van der Waals surface area contributed by atoms with Crippen molar-refractivity contribution in [2.75, 3.05) is 6.61 Å². The zero-order chi connectivity index (χ0) is 16.9. The van der Waals surface area contributed by atoms with Crippen molar-refractivity contribution in [1.82, 2.24) is 5.32 Å². The van der Waals surface area contributed by atoms with E-state index in [-0.39, 0.29) is 17.9 Å². The van der Waals surface area contributed by atoms with Gasteiger partial charge in [-0.05, 0) is 23.6 Å². The lowest BCUT2D eigenvalue weighted by molar-refractivity contribution is -0.124. The Labute approximate surface area is 137 Å². The van der Waals surface area contributed by atoms with Crippen molar-refractivity contribution < 1.29 is 23.8 Å². The summed E-state index contributed by atoms with van der Waals surface area (Å²) in [4.78, 5) is 23.7. The molecule has 0 bridgehead atoms. The second-order valence-corrected chi connectivity index (χ2v) is 5.12. The summed E-state index contributed by atoms with van der Waals surface area (Å²) in [7, 11) is 0. The number of nitrogens with one attached hydrogen (secondary N) is 1. The highest BCUT2D eigenvalue weighted by atomic mass is 16.5. The van der Waals surface area contributed by atoms with E-state index < -0.39 is 18.5 Å². The smallest absolute Gasteiger partial charge is 0.342 e. The summed E-state index contributed by atoms with van der Waals surface area (Å²) in [5.41, 5.74) is 0.0209. The Morgan fingerprint density at radius 1 is 1.08 bits per heavy atom. The van der Waals surface area contributed by atoms with Gasteiger partial charge in [0.05, 0.1) is 12.8 Å². The molecule has 0 radical (unpaired) electrons. The summed E-state index contributed by atoms with van der Waals surface area (Å²) in [6.45, 7) is -0.226. The van der Waals surface area contributed by atoms with Gasteiger partial charge in [0.1, 0.15) is 17.1 Å². The van der Waals surface area contributed by atoms with Crippen molar-refractivity contribution in [3.63, 3.8) is 0 Å². The van der Waals surface area contributed by atoms with Gasteiger partial charge in [-0.1, -0.05) is 30.3 Å². The number of phenols is 1. The van der Waals surface area contributed by atoms with Crippen LogP contribution in [-0.2, 0) is 16.1 Å². The fourth-order valence-corrected chi connectivity index (χ4v) is 2.28. The Balaban J connectivity index is 1.60. The Morgan fingerprint density at radius 3 is 2.71 bits per heavy atom. The number of hydrogen-bond acceptors (Lipinski definition) is 5. The van der Waals surface area contributed by atoms with Crippen molar-refractivity contribution in [2.24, 2.45) is 0 Å². The molecule has 6 heteroatoms. The average molecular weight is 325 g/mol.